The normalized spacial score (nSPS) is 17.8. The van der Waals surface area contributed by atoms with E-state index >= 15 is 0 Å². The summed E-state index contributed by atoms with van der Waals surface area (Å²) in [6.07, 6.45) is 6.62. The lowest BCUT2D eigenvalue weighted by Gasteiger charge is -2.25. The number of para-hydroxylation sites is 1. The van der Waals surface area contributed by atoms with Gasteiger partial charge in [0.05, 0.1) is 24.1 Å². The molecule has 2 aromatic rings. The quantitative estimate of drug-likeness (QED) is 0.761. The molecule has 168 valence electrons. The number of hydrogen-bond acceptors (Lipinski definition) is 5. The van der Waals surface area contributed by atoms with Crippen molar-refractivity contribution in [3.63, 3.8) is 0 Å². The molecule has 4 rings (SSSR count). The third kappa shape index (κ3) is 5.46. The molecule has 2 amide bonds. The number of carbonyl (C=O) groups excluding carboxylic acids is 2. The molecule has 2 heterocycles. The second-order valence-corrected chi connectivity index (χ2v) is 8.22. The van der Waals surface area contributed by atoms with Crippen LogP contribution in [0.2, 0.25) is 0 Å². The fraction of sp³-hybridized carbons (Fsp3) is 0.400. The molecule has 2 aliphatic heterocycles. The van der Waals surface area contributed by atoms with Crippen molar-refractivity contribution in [1.82, 2.24) is 10.2 Å². The van der Waals surface area contributed by atoms with Gasteiger partial charge in [-0.3, -0.25) is 14.6 Å². The van der Waals surface area contributed by atoms with Crippen LogP contribution in [0.1, 0.15) is 46.4 Å². The summed E-state index contributed by atoms with van der Waals surface area (Å²) >= 11 is 0. The molecular weight excluding hydrogens is 402 g/mol. The summed E-state index contributed by atoms with van der Waals surface area (Å²) in [5.41, 5.74) is 3.11. The number of hydrogen-bond donors (Lipinski definition) is 2. The van der Waals surface area contributed by atoms with E-state index in [9.17, 15) is 9.59 Å². The topological polar surface area (TPSA) is 77.0 Å². The number of nitrogens with one attached hydrogen (secondary N) is 2. The molecule has 2 aliphatic rings. The molecule has 2 N–H and O–H groups in total. The van der Waals surface area contributed by atoms with Crippen molar-refractivity contribution >= 4 is 29.5 Å². The molecule has 0 saturated carbocycles. The predicted octanol–water partition coefficient (Wildman–Crippen LogP) is 3.39. The van der Waals surface area contributed by atoms with Gasteiger partial charge in [0.1, 0.15) is 0 Å². The molecular formula is C25H31N5O2. The van der Waals surface area contributed by atoms with Gasteiger partial charge >= 0.3 is 0 Å². The molecule has 0 radical (unpaired) electrons. The molecule has 0 atom stereocenters. The lowest BCUT2D eigenvalue weighted by atomic mass is 10.1. The van der Waals surface area contributed by atoms with E-state index in [0.717, 1.165) is 13.1 Å². The smallest absolute Gasteiger partial charge is 0.253 e. The SMILES string of the molecule is O=C1NCCN(C(=O)c2ccc(N3CCCCCC3)cc2)CCN=CNc2ccccc21. The van der Waals surface area contributed by atoms with E-state index in [-0.39, 0.29) is 11.8 Å². The van der Waals surface area contributed by atoms with Gasteiger partial charge in [-0.1, -0.05) is 25.0 Å². The van der Waals surface area contributed by atoms with Crippen LogP contribution >= 0.6 is 0 Å². The second kappa shape index (κ2) is 10.8. The number of nitrogens with zero attached hydrogens (tertiary/aromatic N) is 3. The third-order valence-corrected chi connectivity index (χ3v) is 6.02. The van der Waals surface area contributed by atoms with E-state index in [1.165, 1.54) is 31.4 Å². The Kier molecular flexibility index (Phi) is 7.38. The van der Waals surface area contributed by atoms with E-state index in [2.05, 4.69) is 32.7 Å². The van der Waals surface area contributed by atoms with Crippen LogP contribution in [0, 0.1) is 0 Å². The minimum Gasteiger partial charge on any atom is -0.372 e. The highest BCUT2D eigenvalue weighted by molar-refractivity contribution is 6.01. The zero-order chi connectivity index (χ0) is 22.2. The highest BCUT2D eigenvalue weighted by atomic mass is 16.2. The Hall–Kier alpha value is -3.35. The summed E-state index contributed by atoms with van der Waals surface area (Å²) in [5, 5.41) is 6.00. The van der Waals surface area contributed by atoms with Crippen molar-refractivity contribution in [2.45, 2.75) is 25.7 Å². The number of amides is 2. The Morgan fingerprint density at radius 1 is 0.875 bits per heavy atom. The van der Waals surface area contributed by atoms with Crippen LogP contribution in [0.3, 0.4) is 0 Å². The van der Waals surface area contributed by atoms with Crippen molar-refractivity contribution in [3.8, 4) is 0 Å². The summed E-state index contributed by atoms with van der Waals surface area (Å²) in [6.45, 7) is 3.95. The maximum atomic E-state index is 13.2. The van der Waals surface area contributed by atoms with Crippen LogP contribution in [0.15, 0.2) is 53.5 Å². The summed E-state index contributed by atoms with van der Waals surface area (Å²) in [6, 6.07) is 15.2. The lowest BCUT2D eigenvalue weighted by Crippen LogP contribution is -2.40. The maximum Gasteiger partial charge on any atom is 0.253 e. The number of benzene rings is 2. The molecule has 0 bridgehead atoms. The molecule has 0 aliphatic carbocycles. The molecule has 1 fully saturated rings. The van der Waals surface area contributed by atoms with E-state index < -0.39 is 0 Å². The van der Waals surface area contributed by atoms with Gasteiger partial charge in [-0.15, -0.1) is 0 Å². The van der Waals surface area contributed by atoms with E-state index in [0.29, 0.717) is 43.0 Å². The van der Waals surface area contributed by atoms with Crippen molar-refractivity contribution < 1.29 is 9.59 Å². The fourth-order valence-corrected chi connectivity index (χ4v) is 4.21. The average Bonchev–Trinajstić information content (AvgIpc) is 3.11. The number of aliphatic imine (C=N–C) groups is 1. The van der Waals surface area contributed by atoms with Gasteiger partial charge in [0.15, 0.2) is 0 Å². The van der Waals surface area contributed by atoms with Gasteiger partial charge in [-0.25, -0.2) is 0 Å². The van der Waals surface area contributed by atoms with E-state index in [4.69, 9.17) is 0 Å². The zero-order valence-electron chi connectivity index (χ0n) is 18.4. The number of anilines is 2. The first-order valence-electron chi connectivity index (χ1n) is 11.5. The van der Waals surface area contributed by atoms with Crippen LogP contribution in [0.4, 0.5) is 11.4 Å². The predicted molar refractivity (Wildman–Crippen MR) is 129 cm³/mol. The van der Waals surface area contributed by atoms with Crippen molar-refractivity contribution in [2.24, 2.45) is 4.99 Å². The van der Waals surface area contributed by atoms with Crippen LogP contribution < -0.4 is 15.5 Å². The highest BCUT2D eigenvalue weighted by Gasteiger charge is 2.18. The van der Waals surface area contributed by atoms with Crippen LogP contribution in [0.5, 0.6) is 0 Å². The van der Waals surface area contributed by atoms with Crippen LogP contribution in [-0.2, 0) is 0 Å². The summed E-state index contributed by atoms with van der Waals surface area (Å²) in [5.74, 6) is -0.210. The Bertz CT molecular complexity index is 949. The van der Waals surface area contributed by atoms with Gasteiger partial charge in [-0.2, -0.15) is 0 Å². The van der Waals surface area contributed by atoms with Crippen LogP contribution in [0.25, 0.3) is 0 Å². The summed E-state index contributed by atoms with van der Waals surface area (Å²) in [7, 11) is 0. The van der Waals surface area contributed by atoms with Crippen molar-refractivity contribution in [2.75, 3.05) is 49.5 Å². The zero-order valence-corrected chi connectivity index (χ0v) is 18.4. The Morgan fingerprint density at radius 3 is 2.41 bits per heavy atom. The molecule has 7 nitrogen and oxygen atoms in total. The molecule has 7 heteroatoms. The van der Waals surface area contributed by atoms with Gasteiger partial charge in [0.25, 0.3) is 11.8 Å². The average molecular weight is 434 g/mol. The standard InChI is InChI=1S/C25H31N5O2/c31-24-22-7-3-4-8-23(22)28-19-26-13-17-30(18-14-27-24)25(32)20-9-11-21(12-10-20)29-15-5-1-2-6-16-29/h3-4,7-12,19H,1-2,5-6,13-18H2,(H,26,28)(H,27,31). The molecule has 0 aromatic heterocycles. The summed E-state index contributed by atoms with van der Waals surface area (Å²) in [4.78, 5) is 34.3. The monoisotopic (exact) mass is 433 g/mol. The van der Waals surface area contributed by atoms with Crippen LogP contribution in [-0.4, -0.2) is 62.3 Å². The lowest BCUT2D eigenvalue weighted by molar-refractivity contribution is 0.0753. The molecule has 2 aromatic carbocycles. The van der Waals surface area contributed by atoms with E-state index in [1.807, 2.05) is 30.3 Å². The van der Waals surface area contributed by atoms with E-state index in [1.54, 1.807) is 17.3 Å². The third-order valence-electron chi connectivity index (χ3n) is 6.02. The Labute approximate surface area is 189 Å². The molecule has 32 heavy (non-hydrogen) atoms. The van der Waals surface area contributed by atoms with Gasteiger partial charge in [0.2, 0.25) is 0 Å². The largest absolute Gasteiger partial charge is 0.372 e. The van der Waals surface area contributed by atoms with Gasteiger partial charge < -0.3 is 20.4 Å². The maximum absolute atomic E-state index is 13.2. The first-order valence-corrected chi connectivity index (χ1v) is 11.5. The minimum absolute atomic E-state index is 0.0396. The molecule has 0 unspecified atom stereocenters. The van der Waals surface area contributed by atoms with Crippen molar-refractivity contribution in [1.29, 1.82) is 0 Å². The Balaban J connectivity index is 1.43. The van der Waals surface area contributed by atoms with Crippen molar-refractivity contribution in [3.05, 3.63) is 59.7 Å². The Morgan fingerprint density at radius 2 is 1.62 bits per heavy atom. The van der Waals surface area contributed by atoms with Gasteiger partial charge in [-0.05, 0) is 49.2 Å². The number of carbonyl (C=O) groups is 2. The summed E-state index contributed by atoms with van der Waals surface area (Å²) < 4.78 is 0. The first kappa shape index (κ1) is 21.9. The fourth-order valence-electron chi connectivity index (χ4n) is 4.21. The molecule has 0 spiro atoms. The second-order valence-electron chi connectivity index (χ2n) is 8.22. The minimum atomic E-state index is -0.170. The highest BCUT2D eigenvalue weighted by Crippen LogP contribution is 2.21. The number of rotatable bonds is 2. The van der Waals surface area contributed by atoms with Gasteiger partial charge in [0, 0.05) is 44.0 Å². The first-order chi connectivity index (χ1) is 15.7. The number of fused-ring (bicyclic) bond motifs is 1. The molecule has 1 saturated heterocycles.